The van der Waals surface area contributed by atoms with Gasteiger partial charge in [0.1, 0.15) is 0 Å². The average Bonchev–Trinajstić information content (AvgIpc) is 2.44. The molecule has 0 aliphatic heterocycles. The van der Waals surface area contributed by atoms with Crippen molar-refractivity contribution in [2.45, 2.75) is 47.5 Å². The maximum atomic E-state index is 4.21. The van der Waals surface area contributed by atoms with E-state index in [4.69, 9.17) is 0 Å². The summed E-state index contributed by atoms with van der Waals surface area (Å²) in [6.45, 7) is 20.3. The molecule has 0 fully saturated rings. The average molecular weight is 271 g/mol. The first-order valence-electron chi connectivity index (χ1n) is 7.36. The minimum Gasteiger partial charge on any atom is -0.363 e. The molecule has 20 heavy (non-hydrogen) atoms. The van der Waals surface area contributed by atoms with E-state index in [1.807, 2.05) is 13.8 Å². The van der Waals surface area contributed by atoms with E-state index in [9.17, 15) is 0 Å². The Labute approximate surface area is 125 Å². The Hall–Kier alpha value is -1.68. The molecule has 0 saturated carbocycles. The fourth-order valence-corrected chi connectivity index (χ4v) is 2.09. The highest BCUT2D eigenvalue weighted by molar-refractivity contribution is 5.45. The molecule has 0 bridgehead atoms. The van der Waals surface area contributed by atoms with Crippen LogP contribution in [0.1, 0.15) is 47.5 Å². The zero-order chi connectivity index (χ0) is 15.5. The fraction of sp³-hybridized carbons (Fsp3) is 0.474. The lowest BCUT2D eigenvalue weighted by Crippen LogP contribution is -2.25. The second kappa shape index (κ2) is 10.1. The Morgan fingerprint density at radius 2 is 1.90 bits per heavy atom. The lowest BCUT2D eigenvalue weighted by atomic mass is 9.95. The molecular weight excluding hydrogens is 242 g/mol. The fourth-order valence-electron chi connectivity index (χ4n) is 2.09. The normalized spacial score (nSPS) is 11.7. The van der Waals surface area contributed by atoms with Crippen molar-refractivity contribution >= 4 is 0 Å². The predicted molar refractivity (Wildman–Crippen MR) is 91.4 cm³/mol. The lowest BCUT2D eigenvalue weighted by molar-refractivity contribution is 0.394. The molecule has 0 rings (SSSR count). The number of hydrogen-bond donors (Lipinski definition) is 0. The van der Waals surface area contributed by atoms with E-state index in [0.29, 0.717) is 0 Å². The summed E-state index contributed by atoms with van der Waals surface area (Å²) in [7, 11) is 0. The molecule has 0 aliphatic carbocycles. The van der Waals surface area contributed by atoms with Crippen LogP contribution in [0.3, 0.4) is 0 Å². The van der Waals surface area contributed by atoms with Gasteiger partial charge in [0, 0.05) is 18.7 Å². The molecule has 0 spiro atoms. The van der Waals surface area contributed by atoms with Gasteiger partial charge in [-0.2, -0.15) is 0 Å². The second-order valence-electron chi connectivity index (χ2n) is 4.75. The zero-order valence-electron chi connectivity index (χ0n) is 13.8. The third-order valence-corrected chi connectivity index (χ3v) is 3.34. The molecule has 0 radical (unpaired) electrons. The minimum absolute atomic E-state index is 0.771. The van der Waals surface area contributed by atoms with Crippen molar-refractivity contribution in [3.63, 3.8) is 0 Å². The van der Waals surface area contributed by atoms with Crippen molar-refractivity contribution < 1.29 is 0 Å². The van der Waals surface area contributed by atoms with Gasteiger partial charge in [0.25, 0.3) is 0 Å². The van der Waals surface area contributed by atoms with E-state index in [1.54, 1.807) is 0 Å². The largest absolute Gasteiger partial charge is 0.363 e. The van der Waals surface area contributed by atoms with Crippen LogP contribution in [0.15, 0.2) is 47.7 Å². The highest BCUT2D eigenvalue weighted by Crippen LogP contribution is 2.26. The van der Waals surface area contributed by atoms with Crippen LogP contribution >= 0.6 is 0 Å². The Balaban J connectivity index is 5.70. The van der Waals surface area contributed by atoms with Gasteiger partial charge in [-0.1, -0.05) is 43.7 Å². The van der Waals surface area contributed by atoms with Crippen molar-refractivity contribution in [2.24, 2.45) is 0 Å². The Morgan fingerprint density at radius 3 is 2.30 bits per heavy atom. The SMILES string of the molecule is C=C(C)C(=C)/C(CC)=C(\C/C=C/C)N(CC)CC#CC. The molecule has 0 heterocycles. The third-order valence-electron chi connectivity index (χ3n) is 3.34. The number of rotatable bonds is 8. The molecule has 0 unspecified atom stereocenters. The second-order valence-corrected chi connectivity index (χ2v) is 4.75. The van der Waals surface area contributed by atoms with Crippen LogP contribution in [0.4, 0.5) is 0 Å². The predicted octanol–water partition coefficient (Wildman–Crippen LogP) is 5.09. The Morgan fingerprint density at radius 1 is 1.25 bits per heavy atom. The van der Waals surface area contributed by atoms with E-state index in [0.717, 1.165) is 37.1 Å². The van der Waals surface area contributed by atoms with Gasteiger partial charge in [0.2, 0.25) is 0 Å². The molecule has 1 nitrogen and oxygen atoms in total. The van der Waals surface area contributed by atoms with Gasteiger partial charge >= 0.3 is 0 Å². The summed E-state index contributed by atoms with van der Waals surface area (Å²) in [5.41, 5.74) is 4.73. The quantitative estimate of drug-likeness (QED) is 0.337. The topological polar surface area (TPSA) is 3.24 Å². The Kier molecular flexibility index (Phi) is 9.30. The molecule has 0 aromatic heterocycles. The van der Waals surface area contributed by atoms with Crippen LogP contribution in [0.2, 0.25) is 0 Å². The molecule has 1 heteroatoms. The molecule has 0 saturated heterocycles. The summed E-state index contributed by atoms with van der Waals surface area (Å²) < 4.78 is 0. The Bertz CT molecular complexity index is 452. The van der Waals surface area contributed by atoms with Gasteiger partial charge in [-0.25, -0.2) is 0 Å². The maximum Gasteiger partial charge on any atom is 0.0791 e. The standard InChI is InChI=1S/C19H29N/c1-8-12-14-19(20(11-4)15-13-9-2)18(10-3)17(7)16(5)6/h8,12H,5,7,10-11,14-15H2,1-4,6H3/b12-8+,19-18+. The van der Waals surface area contributed by atoms with Gasteiger partial charge in [-0.15, -0.1) is 5.92 Å². The summed E-state index contributed by atoms with van der Waals surface area (Å²) in [6, 6.07) is 0. The van der Waals surface area contributed by atoms with E-state index >= 15 is 0 Å². The van der Waals surface area contributed by atoms with Crippen molar-refractivity contribution in [3.8, 4) is 11.8 Å². The summed E-state index contributed by atoms with van der Waals surface area (Å²) in [5.74, 6) is 6.15. The van der Waals surface area contributed by atoms with Crippen molar-refractivity contribution in [1.29, 1.82) is 0 Å². The number of nitrogens with zero attached hydrogens (tertiary/aromatic N) is 1. The summed E-state index contributed by atoms with van der Waals surface area (Å²) in [4.78, 5) is 2.34. The molecule has 0 aliphatic rings. The highest BCUT2D eigenvalue weighted by atomic mass is 15.1. The van der Waals surface area contributed by atoms with Crippen LogP contribution in [0.25, 0.3) is 0 Å². The molecule has 0 amide bonds. The summed E-state index contributed by atoms with van der Waals surface area (Å²) >= 11 is 0. The third kappa shape index (κ3) is 5.53. The van der Waals surface area contributed by atoms with E-state index in [-0.39, 0.29) is 0 Å². The molecular formula is C19H29N. The molecule has 110 valence electrons. The number of hydrogen-bond acceptors (Lipinski definition) is 1. The monoisotopic (exact) mass is 271 g/mol. The van der Waals surface area contributed by atoms with Crippen LogP contribution in [-0.4, -0.2) is 18.0 Å². The summed E-state index contributed by atoms with van der Waals surface area (Å²) in [6.07, 6.45) is 6.18. The molecule has 0 atom stereocenters. The van der Waals surface area contributed by atoms with Crippen LogP contribution in [0.5, 0.6) is 0 Å². The van der Waals surface area contributed by atoms with Gasteiger partial charge in [-0.3, -0.25) is 0 Å². The highest BCUT2D eigenvalue weighted by Gasteiger charge is 2.13. The van der Waals surface area contributed by atoms with Crippen molar-refractivity contribution in [1.82, 2.24) is 4.90 Å². The zero-order valence-corrected chi connectivity index (χ0v) is 13.8. The van der Waals surface area contributed by atoms with E-state index in [2.05, 4.69) is 62.8 Å². The minimum atomic E-state index is 0.771. The maximum absolute atomic E-state index is 4.21. The van der Waals surface area contributed by atoms with Crippen LogP contribution in [0, 0.1) is 11.8 Å². The van der Waals surface area contributed by atoms with Gasteiger partial charge < -0.3 is 4.90 Å². The van der Waals surface area contributed by atoms with Gasteiger partial charge in [0.15, 0.2) is 0 Å². The summed E-state index contributed by atoms with van der Waals surface area (Å²) in [5, 5.41) is 0. The van der Waals surface area contributed by atoms with Gasteiger partial charge in [0.05, 0.1) is 6.54 Å². The van der Waals surface area contributed by atoms with Gasteiger partial charge in [-0.05, 0) is 45.3 Å². The van der Waals surface area contributed by atoms with Crippen molar-refractivity contribution in [3.05, 3.63) is 47.7 Å². The first kappa shape index (κ1) is 18.3. The van der Waals surface area contributed by atoms with Crippen molar-refractivity contribution in [2.75, 3.05) is 13.1 Å². The molecule has 0 N–H and O–H groups in total. The molecule has 0 aromatic rings. The van der Waals surface area contributed by atoms with E-state index in [1.165, 1.54) is 11.3 Å². The van der Waals surface area contributed by atoms with Crippen LogP contribution < -0.4 is 0 Å². The smallest absolute Gasteiger partial charge is 0.0791 e. The van der Waals surface area contributed by atoms with E-state index < -0.39 is 0 Å². The number of allylic oxidation sites excluding steroid dienone is 5. The lowest BCUT2D eigenvalue weighted by Gasteiger charge is -2.27. The first-order valence-corrected chi connectivity index (χ1v) is 7.36. The van der Waals surface area contributed by atoms with Crippen LogP contribution in [-0.2, 0) is 0 Å². The first-order chi connectivity index (χ1) is 9.53. The molecule has 0 aromatic carbocycles.